The first-order chi connectivity index (χ1) is 15.5. The van der Waals surface area contributed by atoms with E-state index in [0.717, 1.165) is 0 Å². The van der Waals surface area contributed by atoms with Crippen molar-refractivity contribution in [1.82, 2.24) is 5.32 Å². The molecule has 1 N–H and O–H groups in total. The highest BCUT2D eigenvalue weighted by Gasteiger charge is 2.40. The Bertz CT molecular complexity index is 1060. The largest absolute Gasteiger partial charge is 0.519 e. The van der Waals surface area contributed by atoms with Crippen LogP contribution >= 0.6 is 11.8 Å². The monoisotopic (exact) mass is 481 g/mol. The number of esters is 2. The van der Waals surface area contributed by atoms with Gasteiger partial charge in [-0.1, -0.05) is 18.2 Å². The molecule has 2 rings (SSSR count). The van der Waals surface area contributed by atoms with E-state index in [2.05, 4.69) is 9.73 Å². The molecule has 2 aromatic rings. The number of rotatable bonds is 9. The summed E-state index contributed by atoms with van der Waals surface area (Å²) >= 11 is 0.597. The molecule has 1 atom stereocenters. The highest BCUT2D eigenvalue weighted by atomic mass is 32.2. The maximum Gasteiger partial charge on any atom is 0.519 e. The highest BCUT2D eigenvalue weighted by molar-refractivity contribution is 8.14. The first kappa shape index (κ1) is 25.7. The molecule has 0 aliphatic heterocycles. The van der Waals surface area contributed by atoms with E-state index in [0.29, 0.717) is 17.3 Å². The summed E-state index contributed by atoms with van der Waals surface area (Å²) in [6.45, 7) is 4.64. The second kappa shape index (κ2) is 11.4. The maximum atomic E-state index is 12.6. The summed E-state index contributed by atoms with van der Waals surface area (Å²) < 4.78 is 23.2. The molecule has 0 aliphatic rings. The maximum absolute atomic E-state index is 12.6. The number of ether oxygens (including phenoxy) is 3. The molecule has 178 valence electrons. The van der Waals surface area contributed by atoms with E-state index in [-0.39, 0.29) is 11.5 Å². The predicted molar refractivity (Wildman–Crippen MR) is 114 cm³/mol. The number of thioether (sulfide) groups is 1. The van der Waals surface area contributed by atoms with Gasteiger partial charge in [0.15, 0.2) is 18.1 Å². The number of nitrogens with one attached hydrogen (secondary N) is 1. The van der Waals surface area contributed by atoms with Crippen LogP contribution in [0.15, 0.2) is 44.0 Å². The predicted octanol–water partition coefficient (Wildman–Crippen LogP) is 2.55. The third-order valence-corrected chi connectivity index (χ3v) is 5.23. The van der Waals surface area contributed by atoms with Crippen LogP contribution in [0.25, 0.3) is 0 Å². The van der Waals surface area contributed by atoms with Gasteiger partial charge in [-0.15, -0.1) is 0 Å². The average Bonchev–Trinajstić information content (AvgIpc) is 3.07. The van der Waals surface area contributed by atoms with Gasteiger partial charge in [0, 0.05) is 6.92 Å². The van der Waals surface area contributed by atoms with Crippen molar-refractivity contribution in [3.63, 3.8) is 0 Å². The Kier molecular flexibility index (Phi) is 8.85. The molecule has 1 heterocycles. The van der Waals surface area contributed by atoms with Gasteiger partial charge >= 0.3 is 23.1 Å². The van der Waals surface area contributed by atoms with Crippen molar-refractivity contribution in [2.45, 2.75) is 45.1 Å². The van der Waals surface area contributed by atoms with Gasteiger partial charge in [-0.25, -0.2) is 19.2 Å². The molecule has 0 radical (unpaired) electrons. The van der Waals surface area contributed by atoms with Crippen molar-refractivity contribution in [1.29, 1.82) is 0 Å². The Labute approximate surface area is 192 Å². The number of amides is 1. The molecule has 33 heavy (non-hydrogen) atoms. The van der Waals surface area contributed by atoms with Gasteiger partial charge in [-0.05, 0) is 44.7 Å². The number of carbonyl (C=O) groups excluding carboxylic acids is 4. The van der Waals surface area contributed by atoms with Crippen LogP contribution in [0.1, 0.15) is 42.6 Å². The van der Waals surface area contributed by atoms with Crippen molar-refractivity contribution in [2.75, 3.05) is 6.79 Å². The number of carbonyl (C=O) groups is 4. The van der Waals surface area contributed by atoms with Crippen LogP contribution in [0.5, 0.6) is 0 Å². The summed E-state index contributed by atoms with van der Waals surface area (Å²) in [5.74, 6) is -2.88. The Morgan fingerprint density at radius 2 is 1.73 bits per heavy atom. The molecule has 11 nitrogen and oxygen atoms in total. The molecule has 1 aromatic carbocycles. The van der Waals surface area contributed by atoms with Crippen molar-refractivity contribution in [3.05, 3.63) is 58.0 Å². The van der Waals surface area contributed by atoms with Crippen LogP contribution in [0.3, 0.4) is 0 Å². The Hall–Kier alpha value is -3.54. The second-order valence-corrected chi connectivity index (χ2v) is 8.78. The molecule has 1 aromatic heterocycles. The average molecular weight is 481 g/mol. The van der Waals surface area contributed by atoms with E-state index in [9.17, 15) is 24.0 Å². The molecular weight excluding hydrogens is 458 g/mol. The number of benzene rings is 1. The normalized spacial score (nSPS) is 11.9. The summed E-state index contributed by atoms with van der Waals surface area (Å²) in [7, 11) is 0. The SMILES string of the molecule is CC(=O)N[C@@H](C(=O)OCc1oc(=O)oc1C)C(C)(C)SC(=O)OCOC(=O)c1ccccc1. The standard InChI is InChI=1S/C21H23NO10S/c1-12-15(32-19(26)31-12)10-28-18(25)16(22-13(2)23)21(3,4)33-20(27)30-11-29-17(24)14-8-6-5-7-9-14/h5-9,16H,10-11H2,1-4H3,(H,22,23)/t16-/m0/s1. The smallest absolute Gasteiger partial charge is 0.456 e. The van der Waals surface area contributed by atoms with E-state index in [1.54, 1.807) is 30.3 Å². The van der Waals surface area contributed by atoms with Crippen molar-refractivity contribution >= 4 is 34.9 Å². The fraction of sp³-hybridized carbons (Fsp3) is 0.381. The second-order valence-electron chi connectivity index (χ2n) is 7.19. The Morgan fingerprint density at radius 3 is 2.30 bits per heavy atom. The molecule has 0 saturated heterocycles. The van der Waals surface area contributed by atoms with Gasteiger partial charge in [-0.2, -0.15) is 0 Å². The number of hydrogen-bond acceptors (Lipinski definition) is 11. The lowest BCUT2D eigenvalue weighted by Crippen LogP contribution is -2.53. The van der Waals surface area contributed by atoms with Crippen LogP contribution in [-0.4, -0.2) is 40.7 Å². The van der Waals surface area contributed by atoms with Gasteiger partial charge < -0.3 is 28.4 Å². The lowest BCUT2D eigenvalue weighted by atomic mass is 10.0. The van der Waals surface area contributed by atoms with Crippen molar-refractivity contribution in [2.24, 2.45) is 0 Å². The lowest BCUT2D eigenvalue weighted by Gasteiger charge is -2.31. The van der Waals surface area contributed by atoms with Crippen LogP contribution in [0.2, 0.25) is 0 Å². The minimum atomic E-state index is -1.27. The fourth-order valence-corrected chi connectivity index (χ4v) is 3.35. The van der Waals surface area contributed by atoms with Gasteiger partial charge in [0.2, 0.25) is 12.7 Å². The highest BCUT2D eigenvalue weighted by Crippen LogP contribution is 2.31. The zero-order valence-electron chi connectivity index (χ0n) is 18.4. The van der Waals surface area contributed by atoms with Crippen molar-refractivity contribution < 1.29 is 42.2 Å². The van der Waals surface area contributed by atoms with E-state index in [4.69, 9.17) is 18.6 Å². The summed E-state index contributed by atoms with van der Waals surface area (Å²) in [5, 5.41) is 1.59. The number of aryl methyl sites for hydroxylation is 1. The zero-order chi connectivity index (χ0) is 24.6. The van der Waals surface area contributed by atoms with E-state index < -0.39 is 53.2 Å². The molecular formula is C21H23NO10S. The van der Waals surface area contributed by atoms with Crippen LogP contribution in [0, 0.1) is 6.92 Å². The van der Waals surface area contributed by atoms with Crippen LogP contribution in [-0.2, 0) is 30.4 Å². The summed E-state index contributed by atoms with van der Waals surface area (Å²) in [6.07, 6.45) is 0. The topological polar surface area (TPSA) is 151 Å². The van der Waals surface area contributed by atoms with Gasteiger partial charge in [-0.3, -0.25) is 4.79 Å². The first-order valence-corrected chi connectivity index (χ1v) is 10.4. The number of hydrogen-bond donors (Lipinski definition) is 1. The summed E-state index contributed by atoms with van der Waals surface area (Å²) in [6, 6.07) is 6.87. The Balaban J connectivity index is 1.94. The third-order valence-electron chi connectivity index (χ3n) is 4.18. The Morgan fingerprint density at radius 1 is 1.06 bits per heavy atom. The molecule has 0 aliphatic carbocycles. The molecule has 0 spiro atoms. The van der Waals surface area contributed by atoms with Crippen LogP contribution in [0.4, 0.5) is 4.79 Å². The minimum Gasteiger partial charge on any atom is -0.456 e. The molecule has 0 bridgehead atoms. The van der Waals surface area contributed by atoms with Crippen LogP contribution < -0.4 is 11.1 Å². The molecule has 0 saturated carbocycles. The quantitative estimate of drug-likeness (QED) is 0.415. The molecule has 12 heteroatoms. The van der Waals surface area contributed by atoms with Gasteiger partial charge in [0.25, 0.3) is 0 Å². The van der Waals surface area contributed by atoms with E-state index >= 15 is 0 Å². The minimum absolute atomic E-state index is 0.0139. The summed E-state index contributed by atoms with van der Waals surface area (Å²) in [4.78, 5) is 59.5. The lowest BCUT2D eigenvalue weighted by molar-refractivity contribution is -0.150. The van der Waals surface area contributed by atoms with Crippen molar-refractivity contribution in [3.8, 4) is 0 Å². The first-order valence-electron chi connectivity index (χ1n) is 9.60. The third kappa shape index (κ3) is 7.83. The summed E-state index contributed by atoms with van der Waals surface area (Å²) in [5.41, 5.74) is 0.290. The fourth-order valence-electron chi connectivity index (χ4n) is 2.54. The van der Waals surface area contributed by atoms with Gasteiger partial charge in [0.05, 0.1) is 10.3 Å². The van der Waals surface area contributed by atoms with Gasteiger partial charge in [0.1, 0.15) is 6.04 Å². The van der Waals surface area contributed by atoms with E-state index in [1.807, 2.05) is 0 Å². The molecule has 1 amide bonds. The van der Waals surface area contributed by atoms with E-state index in [1.165, 1.54) is 27.7 Å². The molecule has 0 unspecified atom stereocenters. The molecule has 0 fully saturated rings. The zero-order valence-corrected chi connectivity index (χ0v) is 19.2.